The highest BCUT2D eigenvalue weighted by Gasteiger charge is 2.50. The Hall–Kier alpha value is -0.530. The van der Waals surface area contributed by atoms with Crippen LogP contribution in [0.5, 0.6) is 0 Å². The Kier molecular flexibility index (Phi) is 3.02. The molecule has 0 saturated heterocycles. The van der Waals surface area contributed by atoms with Gasteiger partial charge in [0.05, 0.1) is 0 Å². The molecule has 0 aliphatic heterocycles. The average Bonchev–Trinajstić information content (AvgIpc) is 2.24. The van der Waals surface area contributed by atoms with E-state index in [0.29, 0.717) is 5.41 Å². The minimum absolute atomic E-state index is 0.142. The number of hydrogen-bond donors (Lipinski definition) is 1. The largest absolute Gasteiger partial charge is 0.321 e. The van der Waals surface area contributed by atoms with Crippen LogP contribution < -0.4 is 5.73 Å². The fourth-order valence-electron chi connectivity index (χ4n) is 3.04. The van der Waals surface area contributed by atoms with E-state index in [2.05, 4.69) is 19.9 Å². The molecule has 1 nitrogen and oxygen atoms in total. The van der Waals surface area contributed by atoms with Crippen molar-refractivity contribution in [3.63, 3.8) is 0 Å². The van der Waals surface area contributed by atoms with Crippen molar-refractivity contribution in [3.8, 4) is 0 Å². The van der Waals surface area contributed by atoms with Crippen LogP contribution in [0.1, 0.15) is 45.1 Å². The second kappa shape index (κ2) is 4.05. The number of nitrogens with two attached hydrogens (primary N) is 1. The third kappa shape index (κ3) is 1.87. The van der Waals surface area contributed by atoms with Crippen molar-refractivity contribution < 1.29 is 0 Å². The standard InChI is InChI=1S/C14H20ClN/c1-3-13(4-2)9-14(16,10-13)11-6-5-7-12(15)8-11/h5-8H,3-4,9-10,16H2,1-2H3. The predicted octanol–water partition coefficient (Wildman–Crippen LogP) is 4.09. The van der Waals surface area contributed by atoms with E-state index in [4.69, 9.17) is 17.3 Å². The Morgan fingerprint density at radius 1 is 1.25 bits per heavy atom. The van der Waals surface area contributed by atoms with Gasteiger partial charge in [0.25, 0.3) is 0 Å². The molecule has 2 N–H and O–H groups in total. The molecule has 0 amide bonds. The molecule has 0 bridgehead atoms. The number of halogens is 1. The third-order valence-corrected chi connectivity index (χ3v) is 4.52. The van der Waals surface area contributed by atoms with Crippen LogP contribution in [0.25, 0.3) is 0 Å². The summed E-state index contributed by atoms with van der Waals surface area (Å²) in [5.41, 5.74) is 7.98. The molecule has 1 saturated carbocycles. The Bertz CT molecular complexity index is 374. The van der Waals surface area contributed by atoms with Crippen LogP contribution in [0.15, 0.2) is 24.3 Å². The molecule has 1 aliphatic rings. The zero-order valence-electron chi connectivity index (χ0n) is 10.1. The van der Waals surface area contributed by atoms with Gasteiger partial charge in [-0.2, -0.15) is 0 Å². The summed E-state index contributed by atoms with van der Waals surface area (Å²) in [5, 5.41) is 0.785. The molecular formula is C14H20ClN. The number of hydrogen-bond acceptors (Lipinski definition) is 1. The first-order valence-corrected chi connectivity index (χ1v) is 6.46. The van der Waals surface area contributed by atoms with Crippen molar-refractivity contribution in [2.75, 3.05) is 0 Å². The maximum atomic E-state index is 6.46. The minimum atomic E-state index is -0.142. The lowest BCUT2D eigenvalue weighted by molar-refractivity contribution is 0.0166. The Morgan fingerprint density at radius 3 is 2.38 bits per heavy atom. The lowest BCUT2D eigenvalue weighted by atomic mass is 9.53. The minimum Gasteiger partial charge on any atom is -0.321 e. The van der Waals surface area contributed by atoms with Crippen molar-refractivity contribution in [1.29, 1.82) is 0 Å². The highest BCUT2D eigenvalue weighted by molar-refractivity contribution is 6.30. The maximum Gasteiger partial charge on any atom is 0.0420 e. The third-order valence-electron chi connectivity index (χ3n) is 4.28. The Morgan fingerprint density at radius 2 is 1.88 bits per heavy atom. The first-order chi connectivity index (χ1) is 7.53. The molecule has 0 unspecified atom stereocenters. The molecular weight excluding hydrogens is 218 g/mol. The van der Waals surface area contributed by atoms with Crippen molar-refractivity contribution in [2.24, 2.45) is 11.1 Å². The van der Waals surface area contributed by atoms with Crippen LogP contribution in [0.2, 0.25) is 5.02 Å². The van der Waals surface area contributed by atoms with Crippen LogP contribution >= 0.6 is 11.6 Å². The summed E-state index contributed by atoms with van der Waals surface area (Å²) >= 11 is 6.02. The summed E-state index contributed by atoms with van der Waals surface area (Å²) in [5.74, 6) is 0. The average molecular weight is 238 g/mol. The summed E-state index contributed by atoms with van der Waals surface area (Å²) in [6, 6.07) is 8.00. The van der Waals surface area contributed by atoms with Crippen LogP contribution in [-0.2, 0) is 5.54 Å². The van der Waals surface area contributed by atoms with E-state index < -0.39 is 0 Å². The number of benzene rings is 1. The van der Waals surface area contributed by atoms with Crippen LogP contribution in [0.3, 0.4) is 0 Å². The molecule has 0 atom stereocenters. The van der Waals surface area contributed by atoms with E-state index in [9.17, 15) is 0 Å². The van der Waals surface area contributed by atoms with Gasteiger partial charge >= 0.3 is 0 Å². The van der Waals surface area contributed by atoms with E-state index in [-0.39, 0.29) is 5.54 Å². The maximum absolute atomic E-state index is 6.46. The molecule has 0 heterocycles. The molecule has 88 valence electrons. The lowest BCUT2D eigenvalue weighted by Crippen LogP contribution is -2.55. The van der Waals surface area contributed by atoms with E-state index >= 15 is 0 Å². The molecule has 0 aromatic heterocycles. The molecule has 1 aromatic carbocycles. The van der Waals surface area contributed by atoms with Gasteiger partial charge in [-0.1, -0.05) is 50.4 Å². The highest BCUT2D eigenvalue weighted by Crippen LogP contribution is 2.56. The van der Waals surface area contributed by atoms with E-state index in [0.717, 1.165) is 17.9 Å². The van der Waals surface area contributed by atoms with Gasteiger partial charge in [0.15, 0.2) is 0 Å². The lowest BCUT2D eigenvalue weighted by Gasteiger charge is -2.54. The fraction of sp³-hybridized carbons (Fsp3) is 0.571. The molecule has 1 fully saturated rings. The summed E-state index contributed by atoms with van der Waals surface area (Å²) < 4.78 is 0. The summed E-state index contributed by atoms with van der Waals surface area (Å²) in [6.07, 6.45) is 4.63. The van der Waals surface area contributed by atoms with Gasteiger partial charge in [0.2, 0.25) is 0 Å². The van der Waals surface area contributed by atoms with Crippen LogP contribution in [0.4, 0.5) is 0 Å². The first kappa shape index (κ1) is 11.9. The molecule has 2 heteroatoms. The van der Waals surface area contributed by atoms with Gasteiger partial charge in [0, 0.05) is 10.6 Å². The topological polar surface area (TPSA) is 26.0 Å². The summed E-state index contributed by atoms with van der Waals surface area (Å²) in [4.78, 5) is 0. The zero-order chi connectivity index (χ0) is 11.8. The van der Waals surface area contributed by atoms with E-state index in [1.165, 1.54) is 18.4 Å². The first-order valence-electron chi connectivity index (χ1n) is 6.08. The second-order valence-electron chi connectivity index (χ2n) is 5.23. The molecule has 16 heavy (non-hydrogen) atoms. The van der Waals surface area contributed by atoms with Gasteiger partial charge in [-0.3, -0.25) is 0 Å². The molecule has 1 aliphatic carbocycles. The number of rotatable bonds is 3. The smallest absolute Gasteiger partial charge is 0.0420 e. The second-order valence-corrected chi connectivity index (χ2v) is 5.66. The quantitative estimate of drug-likeness (QED) is 0.842. The van der Waals surface area contributed by atoms with Crippen LogP contribution in [-0.4, -0.2) is 0 Å². The molecule has 2 rings (SSSR count). The fourth-order valence-corrected chi connectivity index (χ4v) is 3.23. The summed E-state index contributed by atoms with van der Waals surface area (Å²) in [7, 11) is 0. The van der Waals surface area contributed by atoms with E-state index in [1.54, 1.807) is 0 Å². The summed E-state index contributed by atoms with van der Waals surface area (Å²) in [6.45, 7) is 4.53. The SMILES string of the molecule is CCC1(CC)CC(N)(c2cccc(Cl)c2)C1. The molecule has 0 radical (unpaired) electrons. The van der Waals surface area contributed by atoms with Gasteiger partial charge in [-0.05, 0) is 36.0 Å². The molecule has 0 spiro atoms. The van der Waals surface area contributed by atoms with Crippen molar-refractivity contribution in [1.82, 2.24) is 0 Å². The monoisotopic (exact) mass is 237 g/mol. The van der Waals surface area contributed by atoms with E-state index in [1.807, 2.05) is 18.2 Å². The Labute approximate surface area is 103 Å². The molecule has 1 aromatic rings. The van der Waals surface area contributed by atoms with Gasteiger partial charge in [-0.25, -0.2) is 0 Å². The zero-order valence-corrected chi connectivity index (χ0v) is 10.8. The van der Waals surface area contributed by atoms with Crippen molar-refractivity contribution >= 4 is 11.6 Å². The highest BCUT2D eigenvalue weighted by atomic mass is 35.5. The normalized spacial score (nSPS) is 21.5. The van der Waals surface area contributed by atoms with Gasteiger partial charge in [-0.15, -0.1) is 0 Å². The van der Waals surface area contributed by atoms with Crippen molar-refractivity contribution in [3.05, 3.63) is 34.9 Å². The van der Waals surface area contributed by atoms with Crippen LogP contribution in [0, 0.1) is 5.41 Å². The van der Waals surface area contributed by atoms with Gasteiger partial charge in [0.1, 0.15) is 0 Å². The predicted molar refractivity (Wildman–Crippen MR) is 69.6 cm³/mol. The van der Waals surface area contributed by atoms with Crippen molar-refractivity contribution in [2.45, 2.75) is 45.1 Å². The van der Waals surface area contributed by atoms with Gasteiger partial charge < -0.3 is 5.73 Å². The Balaban J connectivity index is 2.19.